The zero-order valence-electron chi connectivity index (χ0n) is 14.8. The molecule has 0 saturated heterocycles. The lowest BCUT2D eigenvalue weighted by molar-refractivity contribution is -0.137. The molecule has 23 heavy (non-hydrogen) atoms. The van der Waals surface area contributed by atoms with Gasteiger partial charge in [0.2, 0.25) is 0 Å². The summed E-state index contributed by atoms with van der Waals surface area (Å²) in [6, 6.07) is 0. The number of aliphatic hydroxyl groups excluding tert-OH is 1. The minimum Gasteiger partial charge on any atom is -0.481 e. The van der Waals surface area contributed by atoms with E-state index in [1.54, 1.807) is 0 Å². The summed E-state index contributed by atoms with van der Waals surface area (Å²) >= 11 is 0. The Hall–Kier alpha value is -0.650. The van der Waals surface area contributed by atoms with Crippen molar-refractivity contribution in [3.05, 3.63) is 0 Å². The molecular formula is C18H38N2O3. The molecule has 0 aliphatic rings. The van der Waals surface area contributed by atoms with E-state index in [-0.39, 0.29) is 6.73 Å². The van der Waals surface area contributed by atoms with Crippen LogP contribution >= 0.6 is 0 Å². The van der Waals surface area contributed by atoms with Gasteiger partial charge in [0, 0.05) is 19.5 Å². The topological polar surface area (TPSA) is 81.6 Å². The van der Waals surface area contributed by atoms with Gasteiger partial charge in [-0.2, -0.15) is 0 Å². The predicted octanol–water partition coefficient (Wildman–Crippen LogP) is 3.27. The van der Waals surface area contributed by atoms with Gasteiger partial charge in [-0.05, 0) is 19.4 Å². The number of nitrogens with one attached hydrogen (secondary N) is 2. The first kappa shape index (κ1) is 22.4. The van der Waals surface area contributed by atoms with E-state index >= 15 is 0 Å². The number of aliphatic carboxylic acids is 1. The van der Waals surface area contributed by atoms with Crippen LogP contribution in [0.15, 0.2) is 0 Å². The van der Waals surface area contributed by atoms with Gasteiger partial charge in [0.15, 0.2) is 0 Å². The first-order valence-corrected chi connectivity index (χ1v) is 9.51. The van der Waals surface area contributed by atoms with Crippen molar-refractivity contribution in [2.24, 2.45) is 0 Å². The van der Waals surface area contributed by atoms with Gasteiger partial charge < -0.3 is 15.5 Å². The van der Waals surface area contributed by atoms with Gasteiger partial charge in [-0.3, -0.25) is 10.1 Å². The largest absolute Gasteiger partial charge is 0.481 e. The van der Waals surface area contributed by atoms with E-state index in [0.29, 0.717) is 6.42 Å². The fraction of sp³-hybridized carbons (Fsp3) is 0.944. The Morgan fingerprint density at radius 2 is 1.04 bits per heavy atom. The van der Waals surface area contributed by atoms with Gasteiger partial charge >= 0.3 is 5.97 Å². The number of hydrogen-bond acceptors (Lipinski definition) is 4. The normalized spacial score (nSPS) is 11.0. The van der Waals surface area contributed by atoms with E-state index in [1.807, 2.05) is 0 Å². The fourth-order valence-corrected chi connectivity index (χ4v) is 2.67. The molecule has 0 amide bonds. The van der Waals surface area contributed by atoms with Crippen LogP contribution in [0.5, 0.6) is 0 Å². The summed E-state index contributed by atoms with van der Waals surface area (Å²) < 4.78 is 0. The second-order valence-electron chi connectivity index (χ2n) is 6.29. The van der Waals surface area contributed by atoms with Crippen LogP contribution in [-0.2, 0) is 4.79 Å². The first-order valence-electron chi connectivity index (χ1n) is 9.51. The molecule has 0 spiro atoms. The van der Waals surface area contributed by atoms with E-state index < -0.39 is 5.97 Å². The molecule has 0 aromatic heterocycles. The summed E-state index contributed by atoms with van der Waals surface area (Å²) in [5.74, 6) is -0.667. The van der Waals surface area contributed by atoms with Crippen molar-refractivity contribution in [2.45, 2.75) is 83.5 Å². The second kappa shape index (κ2) is 19.4. The van der Waals surface area contributed by atoms with Gasteiger partial charge in [-0.25, -0.2) is 0 Å². The molecule has 0 saturated carbocycles. The summed E-state index contributed by atoms with van der Waals surface area (Å²) in [7, 11) is 0. The SMILES string of the molecule is O=C(O)CCCCCCCCCCCCCCNCCNCO. The lowest BCUT2D eigenvalue weighted by Gasteiger charge is -2.05. The molecule has 0 aliphatic carbocycles. The van der Waals surface area contributed by atoms with Crippen LogP contribution in [0.2, 0.25) is 0 Å². The van der Waals surface area contributed by atoms with E-state index in [9.17, 15) is 4.79 Å². The van der Waals surface area contributed by atoms with Crippen LogP contribution in [0.4, 0.5) is 0 Å². The number of rotatable bonds is 19. The summed E-state index contributed by atoms with van der Waals surface area (Å²) in [6.45, 7) is 2.90. The average molecular weight is 331 g/mol. The summed E-state index contributed by atoms with van der Waals surface area (Å²) in [5.41, 5.74) is 0. The van der Waals surface area contributed by atoms with E-state index in [0.717, 1.165) is 32.5 Å². The summed E-state index contributed by atoms with van der Waals surface area (Å²) in [5, 5.41) is 23.3. The van der Waals surface area contributed by atoms with Gasteiger partial charge in [0.25, 0.3) is 0 Å². The van der Waals surface area contributed by atoms with Gasteiger partial charge in [0.05, 0.1) is 6.73 Å². The Kier molecular flexibility index (Phi) is 18.8. The van der Waals surface area contributed by atoms with Gasteiger partial charge in [0.1, 0.15) is 0 Å². The molecule has 0 bridgehead atoms. The van der Waals surface area contributed by atoms with Crippen molar-refractivity contribution in [3.8, 4) is 0 Å². The quantitative estimate of drug-likeness (QED) is 0.216. The smallest absolute Gasteiger partial charge is 0.303 e. The average Bonchev–Trinajstić information content (AvgIpc) is 2.53. The van der Waals surface area contributed by atoms with E-state index in [1.165, 1.54) is 64.2 Å². The molecule has 138 valence electrons. The van der Waals surface area contributed by atoms with E-state index in [2.05, 4.69) is 10.6 Å². The molecular weight excluding hydrogens is 292 g/mol. The Labute approximate surface area is 142 Å². The monoisotopic (exact) mass is 330 g/mol. The predicted molar refractivity (Wildman–Crippen MR) is 95.6 cm³/mol. The second-order valence-corrected chi connectivity index (χ2v) is 6.29. The van der Waals surface area contributed by atoms with Crippen LogP contribution < -0.4 is 10.6 Å². The molecule has 0 aromatic carbocycles. The van der Waals surface area contributed by atoms with Crippen LogP contribution in [0.1, 0.15) is 83.5 Å². The maximum Gasteiger partial charge on any atom is 0.303 e. The number of hydrogen-bond donors (Lipinski definition) is 4. The van der Waals surface area contributed by atoms with Crippen LogP contribution in [0.25, 0.3) is 0 Å². The lowest BCUT2D eigenvalue weighted by Crippen LogP contribution is -2.28. The molecule has 0 rings (SSSR count). The Morgan fingerprint density at radius 1 is 0.609 bits per heavy atom. The Balaban J connectivity index is 2.96. The van der Waals surface area contributed by atoms with Crippen molar-refractivity contribution >= 4 is 5.97 Å². The highest BCUT2D eigenvalue weighted by atomic mass is 16.4. The van der Waals surface area contributed by atoms with Crippen LogP contribution in [-0.4, -0.2) is 42.5 Å². The van der Waals surface area contributed by atoms with Crippen molar-refractivity contribution in [2.75, 3.05) is 26.4 Å². The highest BCUT2D eigenvalue weighted by Crippen LogP contribution is 2.12. The zero-order valence-corrected chi connectivity index (χ0v) is 14.8. The molecule has 5 heteroatoms. The maximum absolute atomic E-state index is 10.4. The number of unbranched alkanes of at least 4 members (excludes halogenated alkanes) is 11. The van der Waals surface area contributed by atoms with Crippen molar-refractivity contribution < 1.29 is 15.0 Å². The van der Waals surface area contributed by atoms with E-state index in [4.69, 9.17) is 10.2 Å². The molecule has 0 fully saturated rings. The molecule has 0 unspecified atom stereocenters. The molecule has 0 radical (unpaired) electrons. The summed E-state index contributed by atoms with van der Waals surface area (Å²) in [6.07, 6.45) is 15.3. The number of carboxylic acids is 1. The standard InChI is InChI=1S/C18H38N2O3/c21-17-20-16-15-19-14-12-10-8-6-4-2-1-3-5-7-9-11-13-18(22)23/h19-21H,1-17H2,(H,22,23). The lowest BCUT2D eigenvalue weighted by atomic mass is 10.0. The molecule has 0 heterocycles. The highest BCUT2D eigenvalue weighted by molar-refractivity contribution is 5.66. The molecule has 4 N–H and O–H groups in total. The fourth-order valence-electron chi connectivity index (χ4n) is 2.67. The Bertz CT molecular complexity index is 250. The third-order valence-electron chi connectivity index (χ3n) is 4.08. The minimum absolute atomic E-state index is 0.0619. The number of aliphatic hydroxyl groups is 1. The number of carbonyl (C=O) groups is 1. The first-order chi connectivity index (χ1) is 11.3. The number of carboxylic acid groups (broad SMARTS) is 1. The maximum atomic E-state index is 10.4. The van der Waals surface area contributed by atoms with Gasteiger partial charge in [-0.15, -0.1) is 0 Å². The zero-order chi connectivity index (χ0) is 17.0. The molecule has 0 aliphatic heterocycles. The van der Waals surface area contributed by atoms with Crippen molar-refractivity contribution in [1.82, 2.24) is 10.6 Å². The summed E-state index contributed by atoms with van der Waals surface area (Å²) in [4.78, 5) is 10.4. The van der Waals surface area contributed by atoms with Gasteiger partial charge in [-0.1, -0.05) is 64.2 Å². The molecule has 5 nitrogen and oxygen atoms in total. The molecule has 0 aromatic rings. The third-order valence-corrected chi connectivity index (χ3v) is 4.08. The molecule has 0 atom stereocenters. The minimum atomic E-state index is -0.667. The van der Waals surface area contributed by atoms with Crippen LogP contribution in [0, 0.1) is 0 Å². The highest BCUT2D eigenvalue weighted by Gasteiger charge is 1.97. The van der Waals surface area contributed by atoms with Crippen molar-refractivity contribution in [3.63, 3.8) is 0 Å². The Morgan fingerprint density at radius 3 is 1.52 bits per heavy atom. The van der Waals surface area contributed by atoms with Crippen molar-refractivity contribution in [1.29, 1.82) is 0 Å². The van der Waals surface area contributed by atoms with Crippen LogP contribution in [0.3, 0.4) is 0 Å². The third kappa shape index (κ3) is 21.4.